The van der Waals surface area contributed by atoms with Crippen LogP contribution in [-0.4, -0.2) is 50.3 Å². The highest BCUT2D eigenvalue weighted by molar-refractivity contribution is 7.71. The summed E-state index contributed by atoms with van der Waals surface area (Å²) in [4.78, 5) is 4.97. The topological polar surface area (TPSA) is 29.2 Å². The van der Waals surface area contributed by atoms with Crippen molar-refractivity contribution < 1.29 is 0 Å². The van der Waals surface area contributed by atoms with Gasteiger partial charge >= 0.3 is 0 Å². The standard InChI is InChI=1S/C17H23N5S/c23-17-21(16-6-7-16)13-18-22(17)14-20-10-8-19(9-11-20)12-15-4-2-1-3-5-15/h1-5,13,16H,6-12,14H2. The molecule has 6 heteroatoms. The molecule has 1 aromatic heterocycles. The molecule has 0 atom stereocenters. The van der Waals surface area contributed by atoms with E-state index in [-0.39, 0.29) is 0 Å². The lowest BCUT2D eigenvalue weighted by molar-refractivity contribution is 0.0980. The second kappa shape index (κ2) is 6.55. The number of hydrogen-bond acceptors (Lipinski definition) is 4. The molecule has 1 saturated carbocycles. The first kappa shape index (κ1) is 15.1. The summed E-state index contributed by atoms with van der Waals surface area (Å²) in [7, 11) is 0. The van der Waals surface area contributed by atoms with Crippen LogP contribution >= 0.6 is 12.2 Å². The zero-order chi connectivity index (χ0) is 15.6. The summed E-state index contributed by atoms with van der Waals surface area (Å²) < 4.78 is 5.00. The molecule has 0 spiro atoms. The molecule has 2 aliphatic rings. The summed E-state index contributed by atoms with van der Waals surface area (Å²) in [6.45, 7) is 6.22. The van der Waals surface area contributed by atoms with Crippen molar-refractivity contribution in [2.45, 2.75) is 32.1 Å². The van der Waals surface area contributed by atoms with Gasteiger partial charge in [0.1, 0.15) is 6.33 Å². The van der Waals surface area contributed by atoms with E-state index in [1.54, 1.807) is 0 Å². The van der Waals surface area contributed by atoms with Crippen LogP contribution in [0.4, 0.5) is 0 Å². The van der Waals surface area contributed by atoms with Crippen LogP contribution < -0.4 is 0 Å². The van der Waals surface area contributed by atoms with Crippen molar-refractivity contribution in [2.75, 3.05) is 26.2 Å². The fourth-order valence-electron chi connectivity index (χ4n) is 3.17. The second-order valence-electron chi connectivity index (χ2n) is 6.57. The molecule has 0 unspecified atom stereocenters. The second-order valence-corrected chi connectivity index (χ2v) is 6.94. The number of rotatable bonds is 5. The molecule has 0 radical (unpaired) electrons. The van der Waals surface area contributed by atoms with Crippen LogP contribution in [0.2, 0.25) is 0 Å². The summed E-state index contributed by atoms with van der Waals surface area (Å²) in [5.41, 5.74) is 1.39. The summed E-state index contributed by atoms with van der Waals surface area (Å²) in [6.07, 6.45) is 4.40. The third kappa shape index (κ3) is 3.54. The van der Waals surface area contributed by atoms with Crippen molar-refractivity contribution in [3.05, 3.63) is 47.0 Å². The van der Waals surface area contributed by atoms with E-state index >= 15 is 0 Å². The Morgan fingerprint density at radius 1 is 1.00 bits per heavy atom. The molecule has 1 aliphatic carbocycles. The Morgan fingerprint density at radius 3 is 2.39 bits per heavy atom. The maximum absolute atomic E-state index is 5.55. The largest absolute Gasteiger partial charge is 0.303 e. The number of nitrogens with zero attached hydrogens (tertiary/aromatic N) is 5. The van der Waals surface area contributed by atoms with Crippen LogP contribution in [0.5, 0.6) is 0 Å². The van der Waals surface area contributed by atoms with Gasteiger partial charge in [-0.3, -0.25) is 9.80 Å². The first-order valence-corrected chi connectivity index (χ1v) is 8.83. The smallest absolute Gasteiger partial charge is 0.199 e. The molecule has 5 nitrogen and oxygen atoms in total. The van der Waals surface area contributed by atoms with Gasteiger partial charge in [-0.15, -0.1) is 0 Å². The van der Waals surface area contributed by atoms with Crippen molar-refractivity contribution in [2.24, 2.45) is 0 Å². The third-order valence-electron chi connectivity index (χ3n) is 4.75. The molecule has 2 aromatic rings. The van der Waals surface area contributed by atoms with Crippen LogP contribution in [0.15, 0.2) is 36.7 Å². The van der Waals surface area contributed by atoms with Crippen LogP contribution in [0.3, 0.4) is 0 Å². The highest BCUT2D eigenvalue weighted by Gasteiger charge is 2.25. The van der Waals surface area contributed by atoms with E-state index in [1.807, 2.05) is 11.0 Å². The number of benzene rings is 1. The van der Waals surface area contributed by atoms with Crippen LogP contribution in [-0.2, 0) is 13.2 Å². The van der Waals surface area contributed by atoms with E-state index in [1.165, 1.54) is 18.4 Å². The van der Waals surface area contributed by atoms with Crippen LogP contribution in [0.25, 0.3) is 0 Å². The van der Waals surface area contributed by atoms with E-state index in [4.69, 9.17) is 12.2 Å². The van der Waals surface area contributed by atoms with Crippen molar-refractivity contribution in [1.29, 1.82) is 0 Å². The highest BCUT2D eigenvalue weighted by atomic mass is 32.1. The molecule has 2 heterocycles. The van der Waals surface area contributed by atoms with Gasteiger partial charge in [0.15, 0.2) is 4.77 Å². The van der Waals surface area contributed by atoms with Gasteiger partial charge in [0.25, 0.3) is 0 Å². The molecule has 0 bridgehead atoms. The monoisotopic (exact) mass is 329 g/mol. The fraction of sp³-hybridized carbons (Fsp3) is 0.529. The van der Waals surface area contributed by atoms with Crippen molar-refractivity contribution >= 4 is 12.2 Å². The summed E-state index contributed by atoms with van der Waals surface area (Å²) in [6, 6.07) is 11.3. The number of piperazine rings is 1. The summed E-state index contributed by atoms with van der Waals surface area (Å²) in [5, 5.41) is 4.48. The lowest BCUT2D eigenvalue weighted by Gasteiger charge is -2.34. The zero-order valence-corrected chi connectivity index (χ0v) is 14.2. The van der Waals surface area contributed by atoms with Gasteiger partial charge < -0.3 is 4.57 Å². The van der Waals surface area contributed by atoms with Gasteiger partial charge in [-0.2, -0.15) is 5.10 Å². The Kier molecular flexibility index (Phi) is 4.29. The van der Waals surface area contributed by atoms with Crippen LogP contribution in [0.1, 0.15) is 24.4 Å². The van der Waals surface area contributed by atoms with Gasteiger partial charge in [0, 0.05) is 38.8 Å². The average molecular weight is 329 g/mol. The molecular weight excluding hydrogens is 306 g/mol. The van der Waals surface area contributed by atoms with E-state index in [0.717, 1.165) is 44.2 Å². The van der Waals surface area contributed by atoms with Gasteiger partial charge in [0.2, 0.25) is 0 Å². The first-order chi connectivity index (χ1) is 11.3. The third-order valence-corrected chi connectivity index (χ3v) is 5.17. The zero-order valence-electron chi connectivity index (χ0n) is 13.3. The maximum Gasteiger partial charge on any atom is 0.199 e. The van der Waals surface area contributed by atoms with Gasteiger partial charge in [0.05, 0.1) is 6.67 Å². The van der Waals surface area contributed by atoms with Gasteiger partial charge in [-0.05, 0) is 30.6 Å². The first-order valence-electron chi connectivity index (χ1n) is 8.42. The maximum atomic E-state index is 5.55. The van der Waals surface area contributed by atoms with Gasteiger partial charge in [-0.25, -0.2) is 4.68 Å². The van der Waals surface area contributed by atoms with Crippen molar-refractivity contribution in [3.63, 3.8) is 0 Å². The average Bonchev–Trinajstić information content (AvgIpc) is 3.36. The molecule has 1 aliphatic heterocycles. The SMILES string of the molecule is S=c1n(C2CC2)cnn1CN1CCN(Cc2ccccc2)CC1. The minimum atomic E-state index is 0.610. The molecular formula is C17H23N5S. The van der Waals surface area contributed by atoms with Crippen molar-refractivity contribution in [3.8, 4) is 0 Å². The minimum absolute atomic E-state index is 0.610. The summed E-state index contributed by atoms with van der Waals surface area (Å²) in [5.74, 6) is 0. The van der Waals surface area contributed by atoms with E-state index in [9.17, 15) is 0 Å². The Balaban J connectivity index is 1.30. The summed E-state index contributed by atoms with van der Waals surface area (Å²) >= 11 is 5.55. The lowest BCUT2D eigenvalue weighted by atomic mass is 10.2. The van der Waals surface area contributed by atoms with E-state index in [2.05, 4.69) is 49.8 Å². The molecule has 0 N–H and O–H groups in total. The normalized spacial score (nSPS) is 20.0. The number of aromatic nitrogens is 3. The Hall–Kier alpha value is -1.50. The predicted molar refractivity (Wildman–Crippen MR) is 92.6 cm³/mol. The Labute approximate surface area is 142 Å². The quantitative estimate of drug-likeness (QED) is 0.789. The van der Waals surface area contributed by atoms with Crippen molar-refractivity contribution in [1.82, 2.24) is 24.1 Å². The molecule has 4 rings (SSSR count). The fourth-order valence-corrected chi connectivity index (χ4v) is 3.47. The molecule has 23 heavy (non-hydrogen) atoms. The molecule has 1 aromatic carbocycles. The van der Waals surface area contributed by atoms with Crippen LogP contribution in [0, 0.1) is 4.77 Å². The number of hydrogen-bond donors (Lipinski definition) is 0. The molecule has 2 fully saturated rings. The van der Waals surface area contributed by atoms with E-state index in [0.29, 0.717) is 6.04 Å². The minimum Gasteiger partial charge on any atom is -0.303 e. The molecule has 1 saturated heterocycles. The van der Waals surface area contributed by atoms with E-state index < -0.39 is 0 Å². The highest BCUT2D eigenvalue weighted by Crippen LogP contribution is 2.34. The van der Waals surface area contributed by atoms with Gasteiger partial charge in [-0.1, -0.05) is 30.3 Å². The predicted octanol–water partition coefficient (Wildman–Crippen LogP) is 2.52. The Morgan fingerprint density at radius 2 is 1.70 bits per heavy atom. The molecule has 0 amide bonds. The Bertz CT molecular complexity index is 695. The lowest BCUT2D eigenvalue weighted by Crippen LogP contribution is -2.46. The molecule has 122 valence electrons.